The molecule has 0 aromatic heterocycles. The molecule has 0 unspecified atom stereocenters. The molecule has 1 saturated heterocycles. The third kappa shape index (κ3) is 8.83. The maximum atomic E-state index is 12.1. The first kappa shape index (κ1) is 23.2. The minimum Gasteiger partial charge on any atom is -0.492 e. The van der Waals surface area contributed by atoms with E-state index in [1.54, 1.807) is 4.90 Å². The molecule has 2 rings (SSSR count). The Morgan fingerprint density at radius 2 is 1.93 bits per heavy atom. The van der Waals surface area contributed by atoms with E-state index in [1.807, 2.05) is 38.1 Å². The Morgan fingerprint density at radius 3 is 2.66 bits per heavy atom. The van der Waals surface area contributed by atoms with Crippen molar-refractivity contribution in [2.75, 3.05) is 52.5 Å². The van der Waals surface area contributed by atoms with Crippen molar-refractivity contribution in [2.45, 2.75) is 39.7 Å². The molecule has 1 aromatic rings. The number of benzene rings is 1. The number of hydrogen-bond acceptors (Lipinski definition) is 5. The highest BCUT2D eigenvalue weighted by Gasteiger charge is 2.11. The van der Waals surface area contributed by atoms with E-state index in [9.17, 15) is 9.59 Å². The summed E-state index contributed by atoms with van der Waals surface area (Å²) in [7, 11) is 0. The number of rotatable bonds is 12. The largest absolute Gasteiger partial charge is 0.492 e. The fourth-order valence-corrected chi connectivity index (χ4v) is 3.29. The minimum absolute atomic E-state index is 0.0315. The Morgan fingerprint density at radius 1 is 1.17 bits per heavy atom. The van der Waals surface area contributed by atoms with Crippen molar-refractivity contribution < 1.29 is 19.1 Å². The Kier molecular flexibility index (Phi) is 10.5. The second kappa shape index (κ2) is 13.2. The van der Waals surface area contributed by atoms with E-state index in [1.165, 1.54) is 0 Å². The van der Waals surface area contributed by atoms with E-state index in [-0.39, 0.29) is 11.8 Å². The van der Waals surface area contributed by atoms with Crippen molar-refractivity contribution in [1.29, 1.82) is 0 Å². The van der Waals surface area contributed by atoms with Gasteiger partial charge >= 0.3 is 0 Å². The van der Waals surface area contributed by atoms with E-state index in [0.29, 0.717) is 45.5 Å². The Balaban J connectivity index is 1.64. The Bertz CT molecular complexity index is 628. The first-order valence-corrected chi connectivity index (χ1v) is 10.7. The van der Waals surface area contributed by atoms with Crippen LogP contribution in [0.25, 0.3) is 0 Å². The van der Waals surface area contributed by atoms with Gasteiger partial charge in [0.2, 0.25) is 11.8 Å². The zero-order valence-electron chi connectivity index (χ0n) is 17.8. The first-order valence-electron chi connectivity index (χ1n) is 10.7. The smallest absolute Gasteiger partial charge is 0.222 e. The van der Waals surface area contributed by atoms with E-state index in [4.69, 9.17) is 9.47 Å². The van der Waals surface area contributed by atoms with Crippen LogP contribution in [-0.4, -0.2) is 74.2 Å². The Hall–Kier alpha value is -2.12. The fourth-order valence-electron chi connectivity index (χ4n) is 3.29. The number of ether oxygens (including phenoxy) is 2. The van der Waals surface area contributed by atoms with Crippen molar-refractivity contribution >= 4 is 11.8 Å². The van der Waals surface area contributed by atoms with Crippen LogP contribution < -0.4 is 10.1 Å². The maximum absolute atomic E-state index is 12.1. The lowest BCUT2D eigenvalue weighted by atomic mass is 10.2. The lowest BCUT2D eigenvalue weighted by Crippen LogP contribution is -2.38. The molecule has 1 aromatic carbocycles. The van der Waals surface area contributed by atoms with Crippen molar-refractivity contribution in [2.24, 2.45) is 0 Å². The molecule has 0 atom stereocenters. The zero-order chi connectivity index (χ0) is 20.9. The predicted molar refractivity (Wildman–Crippen MR) is 113 cm³/mol. The van der Waals surface area contributed by atoms with Gasteiger partial charge in [0.05, 0.1) is 13.2 Å². The summed E-state index contributed by atoms with van der Waals surface area (Å²) < 4.78 is 11.2. The van der Waals surface area contributed by atoms with Crippen LogP contribution in [0.4, 0.5) is 0 Å². The number of amides is 2. The number of morpholine rings is 1. The van der Waals surface area contributed by atoms with Crippen LogP contribution in [0.1, 0.15) is 38.7 Å². The number of hydrogen-bond donors (Lipinski definition) is 1. The monoisotopic (exact) mass is 405 g/mol. The second-order valence-corrected chi connectivity index (χ2v) is 7.15. The molecule has 0 radical (unpaired) electrons. The van der Waals surface area contributed by atoms with Crippen molar-refractivity contribution in [1.82, 2.24) is 15.1 Å². The molecule has 0 aliphatic carbocycles. The lowest BCUT2D eigenvalue weighted by molar-refractivity contribution is -0.131. The molecule has 0 spiro atoms. The normalized spacial score (nSPS) is 14.4. The minimum atomic E-state index is -0.0315. The van der Waals surface area contributed by atoms with Gasteiger partial charge in [-0.25, -0.2) is 0 Å². The van der Waals surface area contributed by atoms with Crippen molar-refractivity contribution in [3.63, 3.8) is 0 Å². The second-order valence-electron chi connectivity index (χ2n) is 7.15. The number of carbonyl (C=O) groups excluding carboxylic acids is 2. The van der Waals surface area contributed by atoms with Gasteiger partial charge in [0, 0.05) is 52.1 Å². The third-order valence-corrected chi connectivity index (χ3v) is 5.08. The maximum Gasteiger partial charge on any atom is 0.222 e. The fraction of sp³-hybridized carbons (Fsp3) is 0.636. The zero-order valence-corrected chi connectivity index (χ0v) is 17.8. The standard InChI is InChI=1S/C22H35N3O4/c1-3-25(4-2)22(27)10-6-9-21(26)23-18-19-7-5-8-20(17-19)29-16-13-24-11-14-28-15-12-24/h5,7-8,17H,3-4,6,9-16,18H2,1-2H3,(H,23,26). The highest BCUT2D eigenvalue weighted by Crippen LogP contribution is 2.13. The molecule has 1 N–H and O–H groups in total. The van der Waals surface area contributed by atoms with Gasteiger partial charge in [-0.2, -0.15) is 0 Å². The summed E-state index contributed by atoms with van der Waals surface area (Å²) in [5.74, 6) is 0.899. The van der Waals surface area contributed by atoms with Gasteiger partial charge in [-0.1, -0.05) is 12.1 Å². The molecule has 162 valence electrons. The van der Waals surface area contributed by atoms with Gasteiger partial charge in [-0.05, 0) is 38.0 Å². The SMILES string of the molecule is CCN(CC)C(=O)CCCC(=O)NCc1cccc(OCCN2CCOCC2)c1. The van der Waals surface area contributed by atoms with E-state index in [0.717, 1.165) is 44.2 Å². The summed E-state index contributed by atoms with van der Waals surface area (Å²) in [6.45, 7) is 10.8. The van der Waals surface area contributed by atoms with Crippen molar-refractivity contribution in [3.05, 3.63) is 29.8 Å². The molecular weight excluding hydrogens is 370 g/mol. The molecule has 29 heavy (non-hydrogen) atoms. The molecule has 1 aliphatic rings. The predicted octanol–water partition coefficient (Wildman–Crippen LogP) is 2.05. The number of nitrogens with zero attached hydrogens (tertiary/aromatic N) is 2. The molecule has 7 heteroatoms. The molecule has 0 saturated carbocycles. The van der Waals surface area contributed by atoms with Gasteiger partial charge < -0.3 is 19.7 Å². The van der Waals surface area contributed by atoms with Crippen LogP contribution in [-0.2, 0) is 20.9 Å². The van der Waals surface area contributed by atoms with Gasteiger partial charge in [-0.15, -0.1) is 0 Å². The van der Waals surface area contributed by atoms with Crippen molar-refractivity contribution in [3.8, 4) is 5.75 Å². The van der Waals surface area contributed by atoms with Gasteiger partial charge in [0.1, 0.15) is 12.4 Å². The summed E-state index contributed by atoms with van der Waals surface area (Å²) in [5, 5.41) is 2.92. The van der Waals surface area contributed by atoms with E-state index in [2.05, 4.69) is 10.2 Å². The highest BCUT2D eigenvalue weighted by atomic mass is 16.5. The summed E-state index contributed by atoms with van der Waals surface area (Å²) in [6.07, 6.45) is 1.36. The summed E-state index contributed by atoms with van der Waals surface area (Å²) in [5.41, 5.74) is 1.00. The van der Waals surface area contributed by atoms with Gasteiger partial charge in [0.25, 0.3) is 0 Å². The van der Waals surface area contributed by atoms with Crippen LogP contribution >= 0.6 is 0 Å². The van der Waals surface area contributed by atoms with Crippen LogP contribution in [0.2, 0.25) is 0 Å². The van der Waals surface area contributed by atoms with E-state index >= 15 is 0 Å². The highest BCUT2D eigenvalue weighted by molar-refractivity contribution is 5.78. The topological polar surface area (TPSA) is 71.1 Å². The molecule has 1 fully saturated rings. The molecule has 2 amide bonds. The summed E-state index contributed by atoms with van der Waals surface area (Å²) in [6, 6.07) is 7.81. The lowest BCUT2D eigenvalue weighted by Gasteiger charge is -2.26. The molecule has 1 heterocycles. The number of nitrogens with one attached hydrogen (secondary N) is 1. The van der Waals surface area contributed by atoms with Crippen LogP contribution in [0.3, 0.4) is 0 Å². The molecular formula is C22H35N3O4. The summed E-state index contributed by atoms with van der Waals surface area (Å²) >= 11 is 0. The number of carbonyl (C=O) groups is 2. The average Bonchev–Trinajstić information content (AvgIpc) is 2.74. The summed E-state index contributed by atoms with van der Waals surface area (Å²) in [4.78, 5) is 28.1. The van der Waals surface area contributed by atoms with E-state index < -0.39 is 0 Å². The average molecular weight is 406 g/mol. The third-order valence-electron chi connectivity index (χ3n) is 5.08. The molecule has 0 bridgehead atoms. The van der Waals surface area contributed by atoms with Gasteiger partial charge in [-0.3, -0.25) is 14.5 Å². The Labute approximate surface area is 174 Å². The quantitative estimate of drug-likeness (QED) is 0.576. The van der Waals surface area contributed by atoms with Gasteiger partial charge in [0.15, 0.2) is 0 Å². The van der Waals surface area contributed by atoms with Crippen LogP contribution in [0.15, 0.2) is 24.3 Å². The van der Waals surface area contributed by atoms with Crippen LogP contribution in [0, 0.1) is 0 Å². The van der Waals surface area contributed by atoms with Crippen LogP contribution in [0.5, 0.6) is 5.75 Å². The first-order chi connectivity index (χ1) is 14.1. The molecule has 7 nitrogen and oxygen atoms in total. The molecule has 1 aliphatic heterocycles.